The number of aromatic nitrogens is 2. The summed E-state index contributed by atoms with van der Waals surface area (Å²) in [6.07, 6.45) is 10.1. The molecule has 2 N–H and O–H groups in total. The predicted octanol–water partition coefficient (Wildman–Crippen LogP) is 1.17. The van der Waals surface area contributed by atoms with E-state index in [1.165, 1.54) is 38.8 Å². The van der Waals surface area contributed by atoms with Gasteiger partial charge in [-0.3, -0.25) is 4.90 Å². The van der Waals surface area contributed by atoms with E-state index in [2.05, 4.69) is 20.2 Å². The Morgan fingerprint density at radius 2 is 2.41 bits per heavy atom. The molecule has 17 heavy (non-hydrogen) atoms. The third-order valence-corrected chi connectivity index (χ3v) is 4.16. The van der Waals surface area contributed by atoms with Gasteiger partial charge >= 0.3 is 0 Å². The molecule has 2 aliphatic rings. The van der Waals surface area contributed by atoms with Crippen LogP contribution in [-0.4, -0.2) is 46.6 Å². The average Bonchev–Trinajstić information content (AvgIpc) is 3.03. The van der Waals surface area contributed by atoms with Crippen molar-refractivity contribution in [3.63, 3.8) is 0 Å². The number of aromatic amines is 1. The molecule has 0 aromatic carbocycles. The monoisotopic (exact) mass is 234 g/mol. The van der Waals surface area contributed by atoms with Crippen LogP contribution in [0.1, 0.15) is 31.5 Å². The van der Waals surface area contributed by atoms with Crippen molar-refractivity contribution in [1.82, 2.24) is 20.2 Å². The molecule has 4 heteroatoms. The highest BCUT2D eigenvalue weighted by Gasteiger charge is 2.36. The molecule has 94 valence electrons. The lowest BCUT2D eigenvalue weighted by Gasteiger charge is -2.21. The number of imidazole rings is 1. The van der Waals surface area contributed by atoms with E-state index in [0.717, 1.165) is 30.9 Å². The Kier molecular flexibility index (Phi) is 3.43. The highest BCUT2D eigenvalue weighted by Crippen LogP contribution is 2.27. The summed E-state index contributed by atoms with van der Waals surface area (Å²) in [4.78, 5) is 10.1. The lowest BCUT2D eigenvalue weighted by molar-refractivity contribution is 0.299. The average molecular weight is 234 g/mol. The number of hydrogen-bond donors (Lipinski definition) is 2. The minimum atomic E-state index is 0.745. The topological polar surface area (TPSA) is 44.0 Å². The van der Waals surface area contributed by atoms with Gasteiger partial charge in [0.2, 0.25) is 0 Å². The van der Waals surface area contributed by atoms with Crippen molar-refractivity contribution in [2.45, 2.75) is 44.2 Å². The Morgan fingerprint density at radius 1 is 1.41 bits per heavy atom. The van der Waals surface area contributed by atoms with E-state index in [1.807, 2.05) is 12.4 Å². The van der Waals surface area contributed by atoms with Crippen LogP contribution in [-0.2, 0) is 6.42 Å². The van der Waals surface area contributed by atoms with Crippen molar-refractivity contribution in [3.8, 4) is 0 Å². The first-order chi connectivity index (χ1) is 8.43. The quantitative estimate of drug-likeness (QED) is 0.752. The standard InChI is InChI=1S/C13H22N4/c1(4-13-15-7-8-16-13)6-14-11-5-10-17-9-2-3-12(11)17/h7-8,11-12,14H,1-6,9-10H2,(H,15,16). The number of fused-ring (bicyclic) bond motifs is 1. The van der Waals surface area contributed by atoms with Crippen LogP contribution in [0.3, 0.4) is 0 Å². The molecule has 0 saturated carbocycles. The molecular weight excluding hydrogens is 212 g/mol. The van der Waals surface area contributed by atoms with Gasteiger partial charge in [-0.25, -0.2) is 4.98 Å². The summed E-state index contributed by atoms with van der Waals surface area (Å²) >= 11 is 0. The van der Waals surface area contributed by atoms with E-state index < -0.39 is 0 Å². The second-order valence-corrected chi connectivity index (χ2v) is 5.23. The molecule has 3 rings (SSSR count). The fourth-order valence-corrected chi connectivity index (χ4v) is 3.30. The van der Waals surface area contributed by atoms with E-state index in [9.17, 15) is 0 Å². The van der Waals surface area contributed by atoms with Gasteiger partial charge in [-0.15, -0.1) is 0 Å². The number of nitrogens with zero attached hydrogens (tertiary/aromatic N) is 2. The maximum absolute atomic E-state index is 4.25. The third kappa shape index (κ3) is 2.53. The molecule has 0 aliphatic carbocycles. The second-order valence-electron chi connectivity index (χ2n) is 5.23. The fraction of sp³-hybridized carbons (Fsp3) is 0.769. The summed E-state index contributed by atoms with van der Waals surface area (Å²) in [7, 11) is 0. The highest BCUT2D eigenvalue weighted by molar-refractivity contribution is 4.95. The molecule has 2 fully saturated rings. The number of H-pyrrole nitrogens is 1. The zero-order valence-electron chi connectivity index (χ0n) is 10.4. The number of aryl methyl sites for hydroxylation is 1. The van der Waals surface area contributed by atoms with E-state index in [4.69, 9.17) is 0 Å². The van der Waals surface area contributed by atoms with Gasteiger partial charge in [0.1, 0.15) is 5.82 Å². The first-order valence-corrected chi connectivity index (χ1v) is 6.89. The van der Waals surface area contributed by atoms with Gasteiger partial charge in [-0.1, -0.05) is 0 Å². The molecule has 3 heterocycles. The van der Waals surface area contributed by atoms with Gasteiger partial charge in [0.25, 0.3) is 0 Å². The highest BCUT2D eigenvalue weighted by atomic mass is 15.2. The van der Waals surface area contributed by atoms with Crippen molar-refractivity contribution in [2.75, 3.05) is 19.6 Å². The Hall–Kier alpha value is -0.870. The van der Waals surface area contributed by atoms with Gasteiger partial charge < -0.3 is 10.3 Å². The zero-order chi connectivity index (χ0) is 11.5. The SMILES string of the molecule is c1c[nH]c(CCCNC2CCN3CCCC23)n1. The maximum Gasteiger partial charge on any atom is 0.106 e. The van der Waals surface area contributed by atoms with Gasteiger partial charge in [0, 0.05) is 37.4 Å². The lowest BCUT2D eigenvalue weighted by Crippen LogP contribution is -2.39. The molecule has 0 amide bonds. The molecule has 2 saturated heterocycles. The van der Waals surface area contributed by atoms with Gasteiger partial charge in [0.05, 0.1) is 0 Å². The van der Waals surface area contributed by atoms with E-state index in [-0.39, 0.29) is 0 Å². The Bertz CT molecular complexity index is 335. The first-order valence-electron chi connectivity index (χ1n) is 6.89. The van der Waals surface area contributed by atoms with Crippen molar-refractivity contribution in [3.05, 3.63) is 18.2 Å². The first kappa shape index (κ1) is 11.2. The number of rotatable bonds is 5. The second kappa shape index (κ2) is 5.19. The van der Waals surface area contributed by atoms with Crippen molar-refractivity contribution >= 4 is 0 Å². The van der Waals surface area contributed by atoms with Crippen LogP contribution < -0.4 is 5.32 Å². The van der Waals surface area contributed by atoms with E-state index in [1.54, 1.807) is 0 Å². The third-order valence-electron chi connectivity index (χ3n) is 4.16. The van der Waals surface area contributed by atoms with Crippen molar-refractivity contribution in [1.29, 1.82) is 0 Å². The maximum atomic E-state index is 4.25. The summed E-state index contributed by atoms with van der Waals surface area (Å²) < 4.78 is 0. The van der Waals surface area contributed by atoms with Gasteiger partial charge in [-0.05, 0) is 38.8 Å². The summed E-state index contributed by atoms with van der Waals surface area (Å²) in [6, 6.07) is 1.58. The number of nitrogens with one attached hydrogen (secondary N) is 2. The Morgan fingerprint density at radius 3 is 3.29 bits per heavy atom. The summed E-state index contributed by atoms with van der Waals surface area (Å²) in [5, 5.41) is 3.73. The van der Waals surface area contributed by atoms with Crippen LogP contribution in [0.25, 0.3) is 0 Å². The molecular formula is C13H22N4. The fourth-order valence-electron chi connectivity index (χ4n) is 3.30. The van der Waals surface area contributed by atoms with Crippen molar-refractivity contribution in [2.24, 2.45) is 0 Å². The normalized spacial score (nSPS) is 28.7. The van der Waals surface area contributed by atoms with Gasteiger partial charge in [-0.2, -0.15) is 0 Å². The minimum Gasteiger partial charge on any atom is -0.349 e. The van der Waals surface area contributed by atoms with Crippen LogP contribution in [0.15, 0.2) is 12.4 Å². The van der Waals surface area contributed by atoms with E-state index >= 15 is 0 Å². The number of hydrogen-bond acceptors (Lipinski definition) is 3. The predicted molar refractivity (Wildman–Crippen MR) is 67.9 cm³/mol. The largest absolute Gasteiger partial charge is 0.349 e. The van der Waals surface area contributed by atoms with Crippen LogP contribution >= 0.6 is 0 Å². The minimum absolute atomic E-state index is 0.745. The zero-order valence-corrected chi connectivity index (χ0v) is 10.4. The molecule has 2 unspecified atom stereocenters. The van der Waals surface area contributed by atoms with Crippen molar-refractivity contribution < 1.29 is 0 Å². The van der Waals surface area contributed by atoms with Crippen LogP contribution in [0.4, 0.5) is 0 Å². The molecule has 2 aliphatic heterocycles. The summed E-state index contributed by atoms with van der Waals surface area (Å²) in [6.45, 7) is 3.76. The molecule has 4 nitrogen and oxygen atoms in total. The summed E-state index contributed by atoms with van der Waals surface area (Å²) in [5.74, 6) is 1.11. The van der Waals surface area contributed by atoms with Crippen LogP contribution in [0, 0.1) is 0 Å². The molecule has 2 atom stereocenters. The molecule has 0 spiro atoms. The Labute approximate surface area is 103 Å². The Balaban J connectivity index is 1.37. The van der Waals surface area contributed by atoms with Gasteiger partial charge in [0.15, 0.2) is 0 Å². The molecule has 1 aromatic heterocycles. The van der Waals surface area contributed by atoms with Crippen LogP contribution in [0.2, 0.25) is 0 Å². The smallest absolute Gasteiger partial charge is 0.106 e. The van der Waals surface area contributed by atoms with Crippen LogP contribution in [0.5, 0.6) is 0 Å². The summed E-state index contributed by atoms with van der Waals surface area (Å²) in [5.41, 5.74) is 0. The molecule has 0 bridgehead atoms. The van der Waals surface area contributed by atoms with E-state index in [0.29, 0.717) is 0 Å². The molecule has 1 aromatic rings. The lowest BCUT2D eigenvalue weighted by atomic mass is 10.1. The molecule has 0 radical (unpaired) electrons.